The molecule has 1 saturated carbocycles. The van der Waals surface area contributed by atoms with Crippen LogP contribution in [0.25, 0.3) is 0 Å². The Bertz CT molecular complexity index is 585. The van der Waals surface area contributed by atoms with Crippen molar-refractivity contribution in [3.63, 3.8) is 0 Å². The van der Waals surface area contributed by atoms with E-state index in [0.717, 1.165) is 12.3 Å². The summed E-state index contributed by atoms with van der Waals surface area (Å²) < 4.78 is 37.7. The predicted molar refractivity (Wildman–Crippen MR) is 76.8 cm³/mol. The molecule has 0 radical (unpaired) electrons. The van der Waals surface area contributed by atoms with Crippen molar-refractivity contribution >= 4 is 11.7 Å². The fourth-order valence-electron chi connectivity index (χ4n) is 2.72. The van der Waals surface area contributed by atoms with Gasteiger partial charge in [0.05, 0.1) is 5.56 Å². The van der Waals surface area contributed by atoms with Crippen LogP contribution in [0.4, 0.5) is 19.0 Å². The molecule has 5 nitrogen and oxygen atoms in total. The van der Waals surface area contributed by atoms with Gasteiger partial charge in [-0.25, -0.2) is 4.98 Å². The molecule has 1 saturated heterocycles. The topological polar surface area (TPSA) is 56.7 Å². The van der Waals surface area contributed by atoms with Gasteiger partial charge >= 0.3 is 6.18 Å². The van der Waals surface area contributed by atoms with Gasteiger partial charge in [0, 0.05) is 32.4 Å². The summed E-state index contributed by atoms with van der Waals surface area (Å²) in [6.07, 6.45) is -1.87. The minimum absolute atomic E-state index is 0.236. The second kappa shape index (κ2) is 5.67. The van der Waals surface area contributed by atoms with Gasteiger partial charge in [-0.2, -0.15) is 13.2 Å². The Morgan fingerprint density at radius 1 is 1.17 bits per heavy atom. The zero-order chi connectivity index (χ0) is 16.7. The molecule has 0 spiro atoms. The number of anilines is 1. The van der Waals surface area contributed by atoms with Crippen molar-refractivity contribution in [2.75, 3.05) is 31.1 Å². The SMILES string of the molecule is O=C(N1CCCN(c2ccc(C(F)(F)F)cn2)CC1)C1(O)CC1. The average Bonchev–Trinajstić information content (AvgIpc) is 3.29. The summed E-state index contributed by atoms with van der Waals surface area (Å²) in [6, 6.07) is 2.37. The van der Waals surface area contributed by atoms with E-state index in [4.69, 9.17) is 0 Å². The number of aliphatic hydroxyl groups is 1. The molecule has 0 aromatic carbocycles. The molecule has 0 bridgehead atoms. The first-order valence-electron chi connectivity index (χ1n) is 7.60. The Kier molecular flexibility index (Phi) is 3.95. The van der Waals surface area contributed by atoms with Crippen LogP contribution < -0.4 is 4.90 Å². The van der Waals surface area contributed by atoms with Gasteiger partial charge in [0.1, 0.15) is 11.4 Å². The van der Waals surface area contributed by atoms with E-state index >= 15 is 0 Å². The van der Waals surface area contributed by atoms with Gasteiger partial charge in [0.2, 0.25) is 0 Å². The van der Waals surface area contributed by atoms with Crippen LogP contribution in [-0.2, 0) is 11.0 Å². The van der Waals surface area contributed by atoms with E-state index in [9.17, 15) is 23.1 Å². The highest BCUT2D eigenvalue weighted by molar-refractivity contribution is 5.87. The molecule has 2 fully saturated rings. The summed E-state index contributed by atoms with van der Waals surface area (Å²) >= 11 is 0. The maximum atomic E-state index is 12.6. The quantitative estimate of drug-likeness (QED) is 0.897. The molecular weight excluding hydrogens is 311 g/mol. The summed E-state index contributed by atoms with van der Waals surface area (Å²) in [5, 5.41) is 9.91. The number of carbonyl (C=O) groups excluding carboxylic acids is 1. The molecule has 1 aromatic rings. The average molecular weight is 329 g/mol. The van der Waals surface area contributed by atoms with Crippen molar-refractivity contribution in [2.24, 2.45) is 0 Å². The van der Waals surface area contributed by atoms with Crippen LogP contribution in [0.3, 0.4) is 0 Å². The molecule has 1 aliphatic heterocycles. The van der Waals surface area contributed by atoms with Gasteiger partial charge in [0.15, 0.2) is 0 Å². The molecule has 0 atom stereocenters. The molecule has 1 aliphatic carbocycles. The smallest absolute Gasteiger partial charge is 0.380 e. The highest BCUT2D eigenvalue weighted by atomic mass is 19.4. The molecule has 8 heteroatoms. The lowest BCUT2D eigenvalue weighted by atomic mass is 10.2. The number of amides is 1. The number of hydrogen-bond acceptors (Lipinski definition) is 4. The Balaban J connectivity index is 1.65. The second-order valence-corrected chi connectivity index (χ2v) is 6.07. The van der Waals surface area contributed by atoms with Gasteiger partial charge in [-0.05, 0) is 31.4 Å². The predicted octanol–water partition coefficient (Wildman–Crippen LogP) is 1.66. The van der Waals surface area contributed by atoms with Crippen molar-refractivity contribution in [1.29, 1.82) is 0 Å². The summed E-state index contributed by atoms with van der Waals surface area (Å²) in [6.45, 7) is 2.07. The monoisotopic (exact) mass is 329 g/mol. The lowest BCUT2D eigenvalue weighted by molar-refractivity contribution is -0.142. The Morgan fingerprint density at radius 2 is 1.91 bits per heavy atom. The van der Waals surface area contributed by atoms with Gasteiger partial charge < -0.3 is 14.9 Å². The minimum Gasteiger partial charge on any atom is -0.380 e. The van der Waals surface area contributed by atoms with Gasteiger partial charge in [-0.3, -0.25) is 4.79 Å². The van der Waals surface area contributed by atoms with Gasteiger partial charge in [0.25, 0.3) is 5.91 Å². The van der Waals surface area contributed by atoms with E-state index in [0.29, 0.717) is 51.3 Å². The number of rotatable bonds is 2. The van der Waals surface area contributed by atoms with Crippen molar-refractivity contribution < 1.29 is 23.1 Å². The summed E-state index contributed by atoms with van der Waals surface area (Å²) in [7, 11) is 0. The van der Waals surface area contributed by atoms with E-state index in [1.807, 2.05) is 4.90 Å². The van der Waals surface area contributed by atoms with Crippen molar-refractivity contribution in [3.05, 3.63) is 23.9 Å². The fraction of sp³-hybridized carbons (Fsp3) is 0.600. The Hall–Kier alpha value is -1.83. The van der Waals surface area contributed by atoms with Gasteiger partial charge in [-0.15, -0.1) is 0 Å². The van der Waals surface area contributed by atoms with Gasteiger partial charge in [-0.1, -0.05) is 0 Å². The Morgan fingerprint density at radius 3 is 2.48 bits per heavy atom. The van der Waals surface area contributed by atoms with E-state index in [-0.39, 0.29) is 5.91 Å². The number of carbonyl (C=O) groups is 1. The Labute approximate surface area is 131 Å². The first-order valence-corrected chi connectivity index (χ1v) is 7.60. The normalized spacial score (nSPS) is 21.0. The largest absolute Gasteiger partial charge is 0.417 e. The first kappa shape index (κ1) is 16.0. The fourth-order valence-corrected chi connectivity index (χ4v) is 2.72. The van der Waals surface area contributed by atoms with Crippen molar-refractivity contribution in [2.45, 2.75) is 31.0 Å². The van der Waals surface area contributed by atoms with Crippen LogP contribution in [-0.4, -0.2) is 52.7 Å². The molecule has 0 unspecified atom stereocenters. The number of halogens is 3. The second-order valence-electron chi connectivity index (χ2n) is 6.07. The van der Waals surface area contributed by atoms with Crippen molar-refractivity contribution in [3.8, 4) is 0 Å². The van der Waals surface area contributed by atoms with E-state index < -0.39 is 17.3 Å². The molecule has 2 heterocycles. The summed E-state index contributed by atoms with van der Waals surface area (Å²) in [5.74, 6) is 0.233. The molecular formula is C15H18F3N3O2. The minimum atomic E-state index is -4.40. The van der Waals surface area contributed by atoms with E-state index in [1.54, 1.807) is 4.90 Å². The van der Waals surface area contributed by atoms with E-state index in [2.05, 4.69) is 4.98 Å². The standard InChI is InChI=1S/C15H18F3N3O2/c16-15(17,18)11-2-3-12(19-10-11)20-6-1-7-21(9-8-20)13(22)14(23)4-5-14/h2-3,10,23H,1,4-9H2. The molecule has 1 amide bonds. The van der Waals surface area contributed by atoms with Crippen LogP contribution in [0.15, 0.2) is 18.3 Å². The van der Waals surface area contributed by atoms with Crippen molar-refractivity contribution in [1.82, 2.24) is 9.88 Å². The lowest BCUT2D eigenvalue weighted by Crippen LogP contribution is -2.42. The molecule has 23 heavy (non-hydrogen) atoms. The first-order chi connectivity index (χ1) is 10.8. The summed E-state index contributed by atoms with van der Waals surface area (Å²) in [4.78, 5) is 19.5. The van der Waals surface area contributed by atoms with Crippen LogP contribution in [0.5, 0.6) is 0 Å². The number of alkyl halides is 3. The van der Waals surface area contributed by atoms with E-state index in [1.165, 1.54) is 6.07 Å². The highest BCUT2D eigenvalue weighted by Crippen LogP contribution is 2.37. The third-order valence-electron chi connectivity index (χ3n) is 4.30. The number of pyridine rings is 1. The summed E-state index contributed by atoms with van der Waals surface area (Å²) in [5.41, 5.74) is -1.95. The zero-order valence-electron chi connectivity index (χ0n) is 12.5. The third kappa shape index (κ3) is 3.41. The molecule has 3 rings (SSSR count). The molecule has 1 aromatic heterocycles. The van der Waals surface area contributed by atoms with Crippen LogP contribution in [0.1, 0.15) is 24.8 Å². The molecule has 1 N–H and O–H groups in total. The zero-order valence-corrected chi connectivity index (χ0v) is 12.5. The number of aromatic nitrogens is 1. The highest BCUT2D eigenvalue weighted by Gasteiger charge is 2.50. The van der Waals surface area contributed by atoms with Crippen LogP contribution in [0.2, 0.25) is 0 Å². The van der Waals surface area contributed by atoms with Crippen LogP contribution >= 0.6 is 0 Å². The molecule has 126 valence electrons. The number of hydrogen-bond donors (Lipinski definition) is 1. The maximum absolute atomic E-state index is 12.6. The number of nitrogens with zero attached hydrogens (tertiary/aromatic N) is 3. The maximum Gasteiger partial charge on any atom is 0.417 e. The molecule has 2 aliphatic rings. The lowest BCUT2D eigenvalue weighted by Gasteiger charge is -2.24. The van der Waals surface area contributed by atoms with Crippen LogP contribution in [0, 0.1) is 0 Å². The third-order valence-corrected chi connectivity index (χ3v) is 4.30.